The highest BCUT2D eigenvalue weighted by Gasteiger charge is 2.29. The van der Waals surface area contributed by atoms with E-state index in [1.54, 1.807) is 12.1 Å². The van der Waals surface area contributed by atoms with Crippen LogP contribution in [0.1, 0.15) is 34.8 Å². The number of carbonyl (C=O) groups is 5. The van der Waals surface area contributed by atoms with Crippen LogP contribution < -0.4 is 21.3 Å². The number of phenols is 1. The van der Waals surface area contributed by atoms with Gasteiger partial charge in [-0.15, -0.1) is 0 Å². The van der Waals surface area contributed by atoms with Gasteiger partial charge in [0.15, 0.2) is 0 Å². The molecule has 3 aromatic rings. The van der Waals surface area contributed by atoms with Crippen LogP contribution in [0.2, 0.25) is 0 Å². The van der Waals surface area contributed by atoms with Gasteiger partial charge in [0.25, 0.3) is 0 Å². The summed E-state index contributed by atoms with van der Waals surface area (Å²) in [5.41, 5.74) is 1.79. The number of hydrogen-bond donors (Lipinski definition) is 8. The number of carboxylic acids is 2. The molecule has 4 atom stereocenters. The molecule has 3 amide bonds. The molecule has 0 aromatic heterocycles. The number of hydrogen-bond acceptors (Lipinski definition) is 8. The molecule has 3 aromatic carbocycles. The van der Waals surface area contributed by atoms with Crippen LogP contribution in [-0.4, -0.2) is 80.9 Å². The number of aliphatic hydroxyl groups is 1. The third-order valence-corrected chi connectivity index (χ3v) is 6.93. The Bertz CT molecular complexity index is 1460. The van der Waals surface area contributed by atoms with E-state index >= 15 is 0 Å². The van der Waals surface area contributed by atoms with Gasteiger partial charge >= 0.3 is 11.9 Å². The summed E-state index contributed by atoms with van der Waals surface area (Å²) in [6.45, 7) is 0.613. The standard InChI is InChI=1S/C32H36N4O9/c1-19(33-25(32(44)45)16-9-20-5-3-2-4-6-20)28(39)36-27(18-37)30(41)35-26(17-21-7-14-24(38)15-8-21)29(40)34-23-12-10-22(11-13-23)31(42)43/h2-8,10-15,19,25-27,33,37-38H,9,16-18H2,1H3,(H,34,40)(H,35,41)(H,36,39)(H,42,43)(H,44,45)/t19-,25+,26-,27-/m0/s1. The van der Waals surface area contributed by atoms with Crippen LogP contribution in [0.4, 0.5) is 5.69 Å². The summed E-state index contributed by atoms with van der Waals surface area (Å²) in [5.74, 6) is -4.58. The van der Waals surface area contributed by atoms with Crippen LogP contribution in [0.15, 0.2) is 78.9 Å². The molecule has 0 saturated heterocycles. The van der Waals surface area contributed by atoms with Gasteiger partial charge in [-0.3, -0.25) is 24.5 Å². The minimum atomic E-state index is -1.47. The average molecular weight is 621 g/mol. The number of benzene rings is 3. The molecule has 0 bridgehead atoms. The van der Waals surface area contributed by atoms with Crippen molar-refractivity contribution in [1.29, 1.82) is 0 Å². The second-order valence-electron chi connectivity index (χ2n) is 10.4. The van der Waals surface area contributed by atoms with E-state index in [9.17, 15) is 39.3 Å². The van der Waals surface area contributed by atoms with Crippen molar-refractivity contribution < 1.29 is 44.4 Å². The van der Waals surface area contributed by atoms with Crippen LogP contribution in [0.3, 0.4) is 0 Å². The van der Waals surface area contributed by atoms with E-state index in [2.05, 4.69) is 21.3 Å². The van der Waals surface area contributed by atoms with Gasteiger partial charge in [0.2, 0.25) is 17.7 Å². The van der Waals surface area contributed by atoms with Crippen LogP contribution in [0.5, 0.6) is 5.75 Å². The van der Waals surface area contributed by atoms with Crippen molar-refractivity contribution in [2.45, 2.75) is 50.4 Å². The Morgan fingerprint density at radius 2 is 1.33 bits per heavy atom. The molecular formula is C32H36N4O9. The number of phenolic OH excluding ortho intramolecular Hbond substituents is 1. The average Bonchev–Trinajstić information content (AvgIpc) is 3.02. The Morgan fingerprint density at radius 1 is 0.711 bits per heavy atom. The molecular weight excluding hydrogens is 584 g/mol. The van der Waals surface area contributed by atoms with Gasteiger partial charge in [-0.05, 0) is 67.3 Å². The molecule has 0 fully saturated rings. The van der Waals surface area contributed by atoms with Gasteiger partial charge in [-0.25, -0.2) is 4.79 Å². The lowest BCUT2D eigenvalue weighted by Crippen LogP contribution is -2.58. The summed E-state index contributed by atoms with van der Waals surface area (Å²) in [6, 6.07) is 15.8. The van der Waals surface area contributed by atoms with Gasteiger partial charge in [-0.2, -0.15) is 0 Å². The molecule has 45 heavy (non-hydrogen) atoms. The molecule has 0 radical (unpaired) electrons. The van der Waals surface area contributed by atoms with Crippen molar-refractivity contribution in [3.05, 3.63) is 95.6 Å². The summed E-state index contributed by atoms with van der Waals surface area (Å²) >= 11 is 0. The number of nitrogens with one attached hydrogen (secondary N) is 4. The molecule has 0 aliphatic heterocycles. The van der Waals surface area contributed by atoms with Gasteiger partial charge in [0.05, 0.1) is 18.2 Å². The number of carbonyl (C=O) groups excluding carboxylic acids is 3. The number of anilines is 1. The first kappa shape index (κ1) is 34.2. The summed E-state index contributed by atoms with van der Waals surface area (Å²) in [6.07, 6.45) is 0.625. The minimum absolute atomic E-state index is 0.00158. The van der Waals surface area contributed by atoms with E-state index < -0.39 is 60.4 Å². The first-order valence-corrected chi connectivity index (χ1v) is 14.1. The maximum atomic E-state index is 13.2. The SMILES string of the molecule is C[C@H](N[C@H](CCc1ccccc1)C(=O)O)C(=O)N[C@@H](CO)C(=O)N[C@@H](Cc1ccc(O)cc1)C(=O)Nc1ccc(C(=O)O)cc1. The van der Waals surface area contributed by atoms with Gasteiger partial charge < -0.3 is 36.4 Å². The second-order valence-corrected chi connectivity index (χ2v) is 10.4. The molecule has 13 nitrogen and oxygen atoms in total. The lowest BCUT2D eigenvalue weighted by atomic mass is 10.0. The van der Waals surface area contributed by atoms with Crippen molar-refractivity contribution in [2.75, 3.05) is 11.9 Å². The number of amides is 3. The topological polar surface area (TPSA) is 214 Å². The molecule has 0 spiro atoms. The first-order chi connectivity index (χ1) is 21.5. The third-order valence-electron chi connectivity index (χ3n) is 6.93. The molecule has 3 rings (SSSR count). The van der Waals surface area contributed by atoms with Crippen molar-refractivity contribution in [1.82, 2.24) is 16.0 Å². The van der Waals surface area contributed by atoms with Crippen LogP contribution in [0.25, 0.3) is 0 Å². The number of aliphatic carboxylic acids is 1. The van der Waals surface area contributed by atoms with Gasteiger partial charge in [0.1, 0.15) is 23.9 Å². The minimum Gasteiger partial charge on any atom is -0.508 e. The van der Waals surface area contributed by atoms with Crippen molar-refractivity contribution in [3.63, 3.8) is 0 Å². The van der Waals surface area contributed by atoms with Crippen molar-refractivity contribution >= 4 is 35.3 Å². The molecule has 0 heterocycles. The van der Waals surface area contributed by atoms with E-state index in [4.69, 9.17) is 5.11 Å². The summed E-state index contributed by atoms with van der Waals surface area (Å²) in [4.78, 5) is 62.3. The zero-order chi connectivity index (χ0) is 32.9. The molecule has 238 valence electrons. The summed E-state index contributed by atoms with van der Waals surface area (Å²) in [7, 11) is 0. The number of aromatic hydroxyl groups is 1. The summed E-state index contributed by atoms with van der Waals surface area (Å²) < 4.78 is 0. The molecule has 0 saturated carbocycles. The van der Waals surface area contributed by atoms with Crippen LogP contribution in [-0.2, 0) is 32.0 Å². The maximum Gasteiger partial charge on any atom is 0.335 e. The normalized spacial score (nSPS) is 13.5. The molecule has 0 aliphatic carbocycles. The third kappa shape index (κ3) is 10.7. The number of carboxylic acid groups (broad SMARTS) is 2. The number of aromatic carboxylic acids is 1. The Morgan fingerprint density at radius 3 is 1.91 bits per heavy atom. The highest BCUT2D eigenvalue weighted by atomic mass is 16.4. The molecule has 13 heteroatoms. The van der Waals surface area contributed by atoms with E-state index in [1.807, 2.05) is 30.3 Å². The Kier molecular flexibility index (Phi) is 12.6. The predicted molar refractivity (Wildman–Crippen MR) is 164 cm³/mol. The highest BCUT2D eigenvalue weighted by Crippen LogP contribution is 2.14. The van der Waals surface area contributed by atoms with Crippen molar-refractivity contribution in [3.8, 4) is 5.75 Å². The van der Waals surface area contributed by atoms with Gasteiger partial charge in [0, 0.05) is 12.1 Å². The fourth-order valence-corrected chi connectivity index (χ4v) is 4.38. The number of rotatable bonds is 16. The zero-order valence-corrected chi connectivity index (χ0v) is 24.5. The number of aliphatic hydroxyl groups excluding tert-OH is 1. The zero-order valence-electron chi connectivity index (χ0n) is 24.5. The highest BCUT2D eigenvalue weighted by molar-refractivity contribution is 5.99. The lowest BCUT2D eigenvalue weighted by molar-refractivity contribution is -0.140. The smallest absolute Gasteiger partial charge is 0.335 e. The molecule has 0 unspecified atom stereocenters. The molecule has 0 aliphatic rings. The Balaban J connectivity index is 1.67. The van der Waals surface area contributed by atoms with E-state index in [1.165, 1.54) is 43.3 Å². The molecule has 8 N–H and O–H groups in total. The van der Waals surface area contributed by atoms with Gasteiger partial charge in [-0.1, -0.05) is 42.5 Å². The largest absolute Gasteiger partial charge is 0.508 e. The van der Waals surface area contributed by atoms with Crippen LogP contribution in [0, 0.1) is 0 Å². The maximum absolute atomic E-state index is 13.2. The number of aryl methyl sites for hydroxylation is 1. The summed E-state index contributed by atoms with van der Waals surface area (Å²) in [5, 5.41) is 48.5. The second kappa shape index (κ2) is 16.5. The first-order valence-electron chi connectivity index (χ1n) is 14.1. The monoisotopic (exact) mass is 620 g/mol. The predicted octanol–water partition coefficient (Wildman–Crippen LogP) is 1.30. The Hall–Kier alpha value is -5.27. The van der Waals surface area contributed by atoms with Crippen molar-refractivity contribution in [2.24, 2.45) is 0 Å². The van der Waals surface area contributed by atoms with E-state index in [0.717, 1.165) is 5.56 Å². The quantitative estimate of drug-likeness (QED) is 0.115. The fraction of sp³-hybridized carbons (Fsp3) is 0.281. The van der Waals surface area contributed by atoms with Crippen LogP contribution >= 0.6 is 0 Å². The fourth-order valence-electron chi connectivity index (χ4n) is 4.38. The van der Waals surface area contributed by atoms with E-state index in [-0.39, 0.29) is 29.8 Å². The van der Waals surface area contributed by atoms with E-state index in [0.29, 0.717) is 12.0 Å². The Labute approximate surface area is 259 Å². The lowest BCUT2D eigenvalue weighted by Gasteiger charge is -2.24.